The maximum Gasteiger partial charge on any atom is 0.112 e. The second-order valence-electron chi connectivity index (χ2n) is 8.63. The first kappa shape index (κ1) is 28.9. The molecule has 0 radical (unpaired) electrons. The van der Waals surface area contributed by atoms with Crippen LogP contribution in [0.5, 0.6) is 0 Å². The molecular formula is C30H48N2O. The van der Waals surface area contributed by atoms with E-state index in [-0.39, 0.29) is 5.92 Å². The molecule has 1 aromatic rings. The molecule has 0 amide bonds. The number of nitrogens with one attached hydrogen (secondary N) is 1. The first-order valence-corrected chi connectivity index (χ1v) is 12.8. The Hall–Kier alpha value is -2.10. The molecule has 184 valence electrons. The molecule has 1 saturated carbocycles. The Morgan fingerprint density at radius 3 is 2.36 bits per heavy atom. The minimum absolute atomic E-state index is 0.0493. The van der Waals surface area contributed by atoms with Crippen LogP contribution in [0.4, 0.5) is 0 Å². The van der Waals surface area contributed by atoms with Crippen molar-refractivity contribution in [2.24, 2.45) is 5.41 Å². The summed E-state index contributed by atoms with van der Waals surface area (Å²) < 4.78 is 0. The largest absolute Gasteiger partial charge is 0.378 e. The van der Waals surface area contributed by atoms with E-state index in [2.05, 4.69) is 73.6 Å². The number of piperidine rings is 1. The van der Waals surface area contributed by atoms with Crippen molar-refractivity contribution in [3.8, 4) is 0 Å². The van der Waals surface area contributed by atoms with Crippen molar-refractivity contribution in [2.45, 2.75) is 85.4 Å². The van der Waals surface area contributed by atoms with Gasteiger partial charge >= 0.3 is 0 Å². The number of likely N-dealkylation sites (tertiary alicyclic amines) is 1. The molecule has 33 heavy (non-hydrogen) atoms. The van der Waals surface area contributed by atoms with Crippen molar-refractivity contribution in [3.63, 3.8) is 0 Å². The Kier molecular flexibility index (Phi) is 13.1. The van der Waals surface area contributed by atoms with E-state index in [1.54, 1.807) is 6.08 Å². The maximum atomic E-state index is 11.0. The summed E-state index contributed by atoms with van der Waals surface area (Å²) in [5.41, 5.74) is 4.12. The third-order valence-electron chi connectivity index (χ3n) is 6.79. The molecule has 3 rings (SSSR count). The molecule has 1 saturated heterocycles. The zero-order chi connectivity index (χ0) is 24.9. The fourth-order valence-corrected chi connectivity index (χ4v) is 4.75. The summed E-state index contributed by atoms with van der Waals surface area (Å²) in [6.45, 7) is 22.1. The van der Waals surface area contributed by atoms with Gasteiger partial charge in [0, 0.05) is 30.7 Å². The summed E-state index contributed by atoms with van der Waals surface area (Å²) in [5, 5.41) is 14.6. The average molecular weight is 453 g/mol. The molecule has 0 bridgehead atoms. The van der Waals surface area contributed by atoms with Crippen molar-refractivity contribution in [1.29, 1.82) is 0 Å². The number of rotatable bonds is 9. The molecule has 1 heterocycles. The van der Waals surface area contributed by atoms with E-state index in [4.69, 9.17) is 0 Å². The lowest BCUT2D eigenvalue weighted by Crippen LogP contribution is -2.41. The summed E-state index contributed by atoms with van der Waals surface area (Å²) >= 11 is 0. The van der Waals surface area contributed by atoms with E-state index >= 15 is 0 Å². The molecule has 3 unspecified atom stereocenters. The molecule has 2 N–H and O–H groups in total. The van der Waals surface area contributed by atoms with Crippen molar-refractivity contribution >= 4 is 0 Å². The molecule has 1 aromatic carbocycles. The van der Waals surface area contributed by atoms with E-state index in [1.165, 1.54) is 36.1 Å². The predicted molar refractivity (Wildman–Crippen MR) is 145 cm³/mol. The van der Waals surface area contributed by atoms with Crippen molar-refractivity contribution in [1.82, 2.24) is 10.2 Å². The van der Waals surface area contributed by atoms with Gasteiger partial charge in [0.2, 0.25) is 0 Å². The summed E-state index contributed by atoms with van der Waals surface area (Å²) in [6.07, 6.45) is 13.7. The van der Waals surface area contributed by atoms with Crippen LogP contribution in [0, 0.1) is 12.3 Å². The van der Waals surface area contributed by atoms with Crippen molar-refractivity contribution < 1.29 is 5.11 Å². The van der Waals surface area contributed by atoms with Crippen molar-refractivity contribution in [3.05, 3.63) is 84.6 Å². The number of aliphatic hydroxyl groups is 1. The number of nitrogens with zero attached hydrogens (tertiary/aromatic N) is 1. The van der Waals surface area contributed by atoms with Gasteiger partial charge in [-0.3, -0.25) is 5.32 Å². The Morgan fingerprint density at radius 2 is 1.79 bits per heavy atom. The van der Waals surface area contributed by atoms with Crippen LogP contribution >= 0.6 is 0 Å². The maximum absolute atomic E-state index is 11.0. The first-order chi connectivity index (χ1) is 16.0. The molecule has 3 atom stereocenters. The molecule has 3 nitrogen and oxygen atoms in total. The van der Waals surface area contributed by atoms with Crippen LogP contribution in [0.3, 0.4) is 0 Å². The topological polar surface area (TPSA) is 35.5 Å². The highest BCUT2D eigenvalue weighted by molar-refractivity contribution is 5.30. The third-order valence-corrected chi connectivity index (χ3v) is 6.79. The summed E-state index contributed by atoms with van der Waals surface area (Å²) in [5.74, 6) is 0.0493. The molecule has 2 aliphatic rings. The van der Waals surface area contributed by atoms with Crippen molar-refractivity contribution in [2.75, 3.05) is 13.1 Å². The average Bonchev–Trinajstić information content (AvgIpc) is 3.51. The van der Waals surface area contributed by atoms with E-state index in [1.807, 2.05) is 39.8 Å². The normalized spacial score (nSPS) is 20.8. The van der Waals surface area contributed by atoms with Gasteiger partial charge in [-0.2, -0.15) is 0 Å². The molecule has 1 spiro atoms. The smallest absolute Gasteiger partial charge is 0.112 e. The lowest BCUT2D eigenvalue weighted by molar-refractivity contribution is 0.0949. The highest BCUT2D eigenvalue weighted by Crippen LogP contribution is 2.54. The van der Waals surface area contributed by atoms with Gasteiger partial charge in [0.25, 0.3) is 0 Å². The van der Waals surface area contributed by atoms with Gasteiger partial charge in [-0.1, -0.05) is 82.8 Å². The number of hydrogen-bond acceptors (Lipinski definition) is 3. The SMILES string of the molecule is C=C/C=C\C=C(/C)N1CCC2(CC1)CC2NC(O)C(CC=C)c1ccccc1C.CC.CC. The van der Waals surface area contributed by atoms with Gasteiger partial charge in [-0.05, 0) is 62.1 Å². The highest BCUT2D eigenvalue weighted by atomic mass is 16.3. The highest BCUT2D eigenvalue weighted by Gasteiger charge is 2.55. The molecular weight excluding hydrogens is 404 g/mol. The minimum Gasteiger partial charge on any atom is -0.378 e. The first-order valence-electron chi connectivity index (χ1n) is 12.8. The van der Waals surface area contributed by atoms with Crippen LogP contribution in [0.1, 0.15) is 77.3 Å². The van der Waals surface area contributed by atoms with E-state index in [0.29, 0.717) is 11.5 Å². The lowest BCUT2D eigenvalue weighted by atomic mass is 9.89. The predicted octanol–water partition coefficient (Wildman–Crippen LogP) is 7.12. The summed E-state index contributed by atoms with van der Waals surface area (Å²) in [6, 6.07) is 8.77. The zero-order valence-electron chi connectivity index (χ0n) is 22.0. The Labute approximate surface area is 204 Å². The fraction of sp³-hybridized carbons (Fsp3) is 0.533. The quantitative estimate of drug-likeness (QED) is 0.238. The molecule has 2 fully saturated rings. The van der Waals surface area contributed by atoms with Crippen LogP contribution < -0.4 is 5.32 Å². The van der Waals surface area contributed by atoms with E-state index in [0.717, 1.165) is 19.5 Å². The van der Waals surface area contributed by atoms with E-state index in [9.17, 15) is 5.11 Å². The van der Waals surface area contributed by atoms with Gasteiger partial charge in [0.15, 0.2) is 0 Å². The van der Waals surface area contributed by atoms with Crippen LogP contribution in [-0.2, 0) is 0 Å². The van der Waals surface area contributed by atoms with Gasteiger partial charge < -0.3 is 10.0 Å². The van der Waals surface area contributed by atoms with Gasteiger partial charge in [0.05, 0.1) is 0 Å². The number of aryl methyl sites for hydroxylation is 1. The molecule has 1 aliphatic heterocycles. The van der Waals surface area contributed by atoms with Crippen LogP contribution in [-0.4, -0.2) is 35.4 Å². The van der Waals surface area contributed by atoms with Gasteiger partial charge in [0.1, 0.15) is 6.23 Å². The minimum atomic E-state index is -0.540. The Balaban J connectivity index is 0.00000129. The van der Waals surface area contributed by atoms with Crippen LogP contribution in [0.2, 0.25) is 0 Å². The number of allylic oxidation sites excluding steroid dienone is 6. The second-order valence-corrected chi connectivity index (χ2v) is 8.63. The van der Waals surface area contributed by atoms with Gasteiger partial charge in [-0.25, -0.2) is 0 Å². The third kappa shape index (κ3) is 8.01. The zero-order valence-corrected chi connectivity index (χ0v) is 22.0. The van der Waals surface area contributed by atoms with Crippen LogP contribution in [0.25, 0.3) is 0 Å². The number of benzene rings is 1. The number of aliphatic hydroxyl groups excluding tert-OH is 1. The Bertz CT molecular complexity index is 771. The molecule has 0 aromatic heterocycles. The summed E-state index contributed by atoms with van der Waals surface area (Å²) in [4.78, 5) is 2.47. The summed E-state index contributed by atoms with van der Waals surface area (Å²) in [7, 11) is 0. The number of hydrogen-bond donors (Lipinski definition) is 2. The standard InChI is InChI=1S/C26H36N2O.2C2H6/c1-5-7-8-13-21(4)28-17-15-26(16-18-28)19-24(26)27-25(29)23(11-6-2)22-14-10-9-12-20(22)3;2*1-2/h5-10,12-14,23-25,27,29H,1-2,11,15-19H2,3-4H3;2*1-2H3/b8-7-,21-13+;;. The second kappa shape index (κ2) is 14.9. The van der Waals surface area contributed by atoms with Gasteiger partial charge in [-0.15, -0.1) is 6.58 Å². The Morgan fingerprint density at radius 1 is 1.15 bits per heavy atom. The molecule has 1 aliphatic carbocycles. The van der Waals surface area contributed by atoms with Crippen LogP contribution in [0.15, 0.2) is 73.5 Å². The monoisotopic (exact) mass is 452 g/mol. The van der Waals surface area contributed by atoms with E-state index < -0.39 is 6.23 Å². The molecule has 3 heteroatoms. The fourth-order valence-electron chi connectivity index (χ4n) is 4.75. The lowest BCUT2D eigenvalue weighted by Gasteiger charge is -2.35.